The Bertz CT molecular complexity index is 1490. The zero-order valence-corrected chi connectivity index (χ0v) is 29.2. The number of aromatic amines is 1. The summed E-state index contributed by atoms with van der Waals surface area (Å²) >= 11 is 0. The van der Waals surface area contributed by atoms with Crippen LogP contribution < -0.4 is 21.6 Å². The maximum absolute atomic E-state index is 14.0. The summed E-state index contributed by atoms with van der Waals surface area (Å²) in [5.74, 6) is 0. The van der Waals surface area contributed by atoms with E-state index in [4.69, 9.17) is 14.2 Å². The van der Waals surface area contributed by atoms with Crippen LogP contribution in [0.1, 0.15) is 47.1 Å². The van der Waals surface area contributed by atoms with Gasteiger partial charge in [-0.05, 0) is 48.5 Å². The molecule has 0 amide bonds. The topological polar surface area (TPSA) is 99.6 Å². The zero-order chi connectivity index (χ0) is 31.8. The lowest BCUT2D eigenvalue weighted by Crippen LogP contribution is -2.67. The molecule has 0 aliphatic carbocycles. The van der Waals surface area contributed by atoms with Crippen LogP contribution in [-0.2, 0) is 24.4 Å². The molecule has 1 aromatic heterocycles. The van der Waals surface area contributed by atoms with Crippen LogP contribution in [-0.4, -0.2) is 62.9 Å². The van der Waals surface area contributed by atoms with E-state index in [1.54, 1.807) is 17.7 Å². The first-order valence-corrected chi connectivity index (χ1v) is 19.7. The van der Waals surface area contributed by atoms with Gasteiger partial charge in [-0.1, -0.05) is 84.1 Å². The first-order chi connectivity index (χ1) is 20.0. The summed E-state index contributed by atoms with van der Waals surface area (Å²) in [4.78, 5) is 42.8. The Morgan fingerprint density at radius 3 is 1.91 bits per heavy atom. The Hall–Kier alpha value is -2.90. The number of carbonyl (C=O) groups excluding carboxylic acids is 1. The summed E-state index contributed by atoms with van der Waals surface area (Å²) < 4.78 is 22.1. The third-order valence-electron chi connectivity index (χ3n) is 7.94. The van der Waals surface area contributed by atoms with Crippen molar-refractivity contribution in [2.45, 2.75) is 95.4 Å². The Balaban J connectivity index is 2.20. The standard InChI is InChI=1S/C33H46N2O6Si2/c1-23-20-35(29(38)34-28(23)37)33(43(24-16-12-10-13-17-24)25-18-14-11-15-19-25)27(42(8)9)26(40-31(5,6)7)32(21-36,41-33)22-39-30(2,3)4/h10-21,26-27,42-43H,22H2,1-9H3,(H,34,37,38)/t26-,27?,32+,33-/m0/s1. The van der Waals surface area contributed by atoms with Gasteiger partial charge in [-0.15, -0.1) is 0 Å². The molecule has 2 aromatic carbocycles. The molecular formula is C33H46N2O6Si2. The average molecular weight is 623 g/mol. The van der Waals surface area contributed by atoms with E-state index in [1.807, 2.05) is 77.9 Å². The second-order valence-corrected chi connectivity index (χ2v) is 20.2. The second kappa shape index (κ2) is 12.2. The van der Waals surface area contributed by atoms with Crippen molar-refractivity contribution in [1.82, 2.24) is 9.55 Å². The van der Waals surface area contributed by atoms with E-state index < -0.39 is 57.1 Å². The number of rotatable bonds is 9. The van der Waals surface area contributed by atoms with Crippen LogP contribution in [0.15, 0.2) is 76.4 Å². The van der Waals surface area contributed by atoms with E-state index in [0.29, 0.717) is 5.56 Å². The first-order valence-electron chi connectivity index (χ1n) is 15.0. The van der Waals surface area contributed by atoms with Gasteiger partial charge < -0.3 is 14.2 Å². The zero-order valence-electron chi connectivity index (χ0n) is 26.8. The number of H-pyrrole nitrogens is 1. The van der Waals surface area contributed by atoms with Gasteiger partial charge in [0.1, 0.15) is 11.5 Å². The Morgan fingerprint density at radius 2 is 1.47 bits per heavy atom. The van der Waals surface area contributed by atoms with Crippen LogP contribution in [0, 0.1) is 6.92 Å². The highest BCUT2D eigenvalue weighted by molar-refractivity contribution is 6.87. The van der Waals surface area contributed by atoms with Gasteiger partial charge in [-0.25, -0.2) is 4.79 Å². The Labute approximate surface area is 257 Å². The lowest BCUT2D eigenvalue weighted by Gasteiger charge is -2.44. The van der Waals surface area contributed by atoms with Crippen LogP contribution in [0.2, 0.25) is 18.6 Å². The molecule has 8 nitrogen and oxygen atoms in total. The normalized spacial score (nSPS) is 24.5. The molecule has 2 heterocycles. The molecular weight excluding hydrogens is 577 g/mol. The molecule has 232 valence electrons. The molecule has 43 heavy (non-hydrogen) atoms. The lowest BCUT2D eigenvalue weighted by molar-refractivity contribution is -0.192. The van der Waals surface area contributed by atoms with Crippen molar-refractivity contribution in [3.8, 4) is 0 Å². The SMILES string of the molecule is Cc1cn([C@]2([SiH](c3ccccc3)c3ccccc3)O[C@](C=O)(COC(C)(C)C)[C@@H](OC(C)(C)C)C2[SiH](C)C)c(=O)[nH]c1=O. The maximum atomic E-state index is 14.0. The highest BCUT2D eigenvalue weighted by Gasteiger charge is 2.69. The van der Waals surface area contributed by atoms with Gasteiger partial charge in [-0.3, -0.25) is 19.1 Å². The quantitative estimate of drug-likeness (QED) is 0.291. The summed E-state index contributed by atoms with van der Waals surface area (Å²) in [7, 11) is -4.52. The van der Waals surface area contributed by atoms with Crippen molar-refractivity contribution in [1.29, 1.82) is 0 Å². The summed E-state index contributed by atoms with van der Waals surface area (Å²) in [6.45, 7) is 17.7. The number of aryl methyl sites for hydroxylation is 1. The second-order valence-electron chi connectivity index (χ2n) is 13.9. The van der Waals surface area contributed by atoms with E-state index in [0.717, 1.165) is 16.7 Å². The van der Waals surface area contributed by atoms with Crippen LogP contribution in [0.5, 0.6) is 0 Å². The van der Waals surface area contributed by atoms with Crippen molar-refractivity contribution >= 4 is 34.3 Å². The number of aromatic nitrogens is 2. The average Bonchev–Trinajstić information content (AvgIpc) is 3.20. The fraction of sp³-hybridized carbons (Fsp3) is 0.485. The minimum Gasteiger partial charge on any atom is -0.372 e. The number of hydrogen-bond acceptors (Lipinski definition) is 6. The molecule has 1 unspecified atom stereocenters. The van der Waals surface area contributed by atoms with E-state index in [1.165, 1.54) is 0 Å². The van der Waals surface area contributed by atoms with Crippen molar-refractivity contribution in [3.05, 3.63) is 93.3 Å². The fourth-order valence-electron chi connectivity index (χ4n) is 6.29. The third kappa shape index (κ3) is 6.63. The number of ether oxygens (including phenoxy) is 3. The number of nitrogens with zero attached hydrogens (tertiary/aromatic N) is 1. The minimum atomic E-state index is -2.65. The molecule has 4 rings (SSSR count). The van der Waals surface area contributed by atoms with Gasteiger partial charge in [0.05, 0.1) is 17.8 Å². The molecule has 1 fully saturated rings. The van der Waals surface area contributed by atoms with Crippen LogP contribution in [0.3, 0.4) is 0 Å². The number of benzene rings is 2. The Kier molecular flexibility index (Phi) is 9.40. The largest absolute Gasteiger partial charge is 0.372 e. The van der Waals surface area contributed by atoms with Gasteiger partial charge in [0, 0.05) is 26.1 Å². The summed E-state index contributed by atoms with van der Waals surface area (Å²) in [6, 6.07) is 20.2. The molecule has 3 aromatic rings. The smallest absolute Gasteiger partial charge is 0.330 e. The molecule has 0 bridgehead atoms. The third-order valence-corrected chi connectivity index (χ3v) is 14.3. The van der Waals surface area contributed by atoms with Gasteiger partial charge in [0.25, 0.3) is 5.56 Å². The van der Waals surface area contributed by atoms with Gasteiger partial charge in [0.2, 0.25) is 0 Å². The molecule has 0 radical (unpaired) electrons. The minimum absolute atomic E-state index is 0.0537. The number of hydrogen-bond donors (Lipinski definition) is 1. The molecule has 1 N–H and O–H groups in total. The van der Waals surface area contributed by atoms with E-state index in [2.05, 4.69) is 42.3 Å². The molecule has 1 aliphatic heterocycles. The highest BCUT2D eigenvalue weighted by Crippen LogP contribution is 2.54. The van der Waals surface area contributed by atoms with Crippen molar-refractivity contribution < 1.29 is 19.0 Å². The number of carbonyl (C=O) groups is 1. The number of nitrogens with one attached hydrogen (secondary N) is 1. The van der Waals surface area contributed by atoms with Crippen molar-refractivity contribution in [3.63, 3.8) is 0 Å². The molecule has 1 saturated heterocycles. The highest BCUT2D eigenvalue weighted by atomic mass is 28.3. The predicted molar refractivity (Wildman–Crippen MR) is 176 cm³/mol. The van der Waals surface area contributed by atoms with E-state index >= 15 is 0 Å². The molecule has 0 spiro atoms. The molecule has 1 aliphatic rings. The Morgan fingerprint density at radius 1 is 0.930 bits per heavy atom. The monoisotopic (exact) mass is 622 g/mol. The van der Waals surface area contributed by atoms with Crippen LogP contribution >= 0.6 is 0 Å². The van der Waals surface area contributed by atoms with E-state index in [9.17, 15) is 14.4 Å². The summed E-state index contributed by atoms with van der Waals surface area (Å²) in [5.41, 5.74) is -3.74. The lowest BCUT2D eigenvalue weighted by atomic mass is 9.97. The molecule has 4 atom stereocenters. The van der Waals surface area contributed by atoms with Crippen LogP contribution in [0.25, 0.3) is 0 Å². The summed E-state index contributed by atoms with van der Waals surface area (Å²) in [5, 5.41) is 0.752. The van der Waals surface area contributed by atoms with Gasteiger partial charge in [0.15, 0.2) is 20.7 Å². The fourth-order valence-corrected chi connectivity index (χ4v) is 14.2. The molecule has 10 heteroatoms. The maximum Gasteiger partial charge on any atom is 0.330 e. The predicted octanol–water partition coefficient (Wildman–Crippen LogP) is 2.90. The van der Waals surface area contributed by atoms with Gasteiger partial charge >= 0.3 is 5.69 Å². The van der Waals surface area contributed by atoms with Crippen molar-refractivity contribution in [2.75, 3.05) is 6.61 Å². The first kappa shape index (κ1) is 33.0. The van der Waals surface area contributed by atoms with E-state index in [-0.39, 0.29) is 12.1 Å². The molecule has 0 saturated carbocycles. The number of aldehydes is 1. The van der Waals surface area contributed by atoms with Crippen LogP contribution in [0.4, 0.5) is 0 Å². The van der Waals surface area contributed by atoms with Gasteiger partial charge in [-0.2, -0.15) is 0 Å². The van der Waals surface area contributed by atoms with Crippen molar-refractivity contribution in [2.24, 2.45) is 0 Å². The summed E-state index contributed by atoms with van der Waals surface area (Å²) in [6.07, 6.45) is 1.71.